The summed E-state index contributed by atoms with van der Waals surface area (Å²) in [7, 11) is -4.19. The van der Waals surface area contributed by atoms with E-state index in [1.807, 2.05) is 0 Å². The molecule has 0 heterocycles. The zero-order valence-corrected chi connectivity index (χ0v) is 24.3. The molecular formula is C24H49KO4S. The topological polar surface area (TPSA) is 77.4 Å². The Bertz CT molecular complexity index is 442. The summed E-state index contributed by atoms with van der Waals surface area (Å²) in [6.45, 7) is 4.40. The summed E-state index contributed by atoms with van der Waals surface area (Å²) in [5, 5.41) is 9.27. The fraction of sp³-hybridized carbons (Fsp3) is 1.00. The monoisotopic (exact) mass is 472 g/mol. The summed E-state index contributed by atoms with van der Waals surface area (Å²) >= 11 is 0. The molecule has 0 aromatic rings. The molecule has 176 valence electrons. The fourth-order valence-electron chi connectivity index (χ4n) is 4.00. The molecule has 2 atom stereocenters. The Kier molecular flexibility index (Phi) is 26.6. The van der Waals surface area contributed by atoms with Crippen LogP contribution in [-0.2, 0) is 10.1 Å². The van der Waals surface area contributed by atoms with Crippen molar-refractivity contribution in [1.29, 1.82) is 0 Å². The van der Waals surface area contributed by atoms with Crippen LogP contribution in [0.5, 0.6) is 0 Å². The second-order valence-corrected chi connectivity index (χ2v) is 10.5. The minimum atomic E-state index is -4.19. The summed E-state index contributed by atoms with van der Waals surface area (Å²) in [6.07, 6.45) is 20.5. The van der Waals surface area contributed by atoms with Crippen molar-refractivity contribution in [3.8, 4) is 0 Å². The zero-order valence-electron chi connectivity index (χ0n) is 20.4. The maximum absolute atomic E-state index is 11.5. The molecule has 4 nitrogen and oxygen atoms in total. The summed E-state index contributed by atoms with van der Waals surface area (Å²) in [4.78, 5) is 0. The van der Waals surface area contributed by atoms with Crippen molar-refractivity contribution in [2.45, 2.75) is 154 Å². The van der Waals surface area contributed by atoms with Gasteiger partial charge >= 0.3 is 51.4 Å². The molecule has 0 rings (SSSR count). The van der Waals surface area contributed by atoms with Crippen molar-refractivity contribution in [3.63, 3.8) is 0 Å². The molecule has 0 saturated heterocycles. The van der Waals surface area contributed by atoms with Crippen LogP contribution >= 0.6 is 0 Å². The maximum Gasteiger partial charge on any atom is 1.00 e. The number of aliphatic hydroxyl groups excluding tert-OH is 1. The van der Waals surface area contributed by atoms with Crippen LogP contribution in [0.4, 0.5) is 0 Å². The maximum atomic E-state index is 11.5. The van der Waals surface area contributed by atoms with Gasteiger partial charge in [0.05, 0.1) is 16.2 Å². The average molecular weight is 473 g/mol. The Morgan fingerprint density at radius 1 is 0.600 bits per heavy atom. The van der Waals surface area contributed by atoms with Gasteiger partial charge in [-0.25, -0.2) is 8.42 Å². The Morgan fingerprint density at radius 2 is 0.900 bits per heavy atom. The van der Waals surface area contributed by atoms with Gasteiger partial charge in [0.25, 0.3) is 0 Å². The van der Waals surface area contributed by atoms with Gasteiger partial charge < -0.3 is 9.66 Å². The second-order valence-electron chi connectivity index (χ2n) is 8.87. The number of hydrogen-bond acceptors (Lipinski definition) is 4. The van der Waals surface area contributed by atoms with Crippen LogP contribution < -0.4 is 51.4 Å². The molecule has 0 fully saturated rings. The van der Waals surface area contributed by atoms with Crippen LogP contribution in [0.3, 0.4) is 0 Å². The van der Waals surface area contributed by atoms with Crippen molar-refractivity contribution >= 4 is 10.1 Å². The van der Waals surface area contributed by atoms with Gasteiger partial charge in [0.15, 0.2) is 0 Å². The van der Waals surface area contributed by atoms with Crippen LogP contribution in [-0.4, -0.2) is 29.4 Å². The van der Waals surface area contributed by atoms with Crippen molar-refractivity contribution in [2.75, 3.05) is 0 Å². The van der Waals surface area contributed by atoms with Crippen molar-refractivity contribution in [3.05, 3.63) is 0 Å². The van der Waals surface area contributed by atoms with Gasteiger partial charge in [0.2, 0.25) is 0 Å². The first kappa shape index (κ1) is 33.7. The van der Waals surface area contributed by atoms with E-state index >= 15 is 0 Å². The summed E-state index contributed by atoms with van der Waals surface area (Å²) < 4.78 is 34.6. The van der Waals surface area contributed by atoms with Gasteiger partial charge in [0, 0.05) is 5.25 Å². The van der Waals surface area contributed by atoms with Crippen LogP contribution in [0.1, 0.15) is 142 Å². The van der Waals surface area contributed by atoms with E-state index in [1.165, 1.54) is 57.8 Å². The van der Waals surface area contributed by atoms with Crippen molar-refractivity contribution in [2.24, 2.45) is 0 Å². The van der Waals surface area contributed by atoms with E-state index in [-0.39, 0.29) is 57.5 Å². The van der Waals surface area contributed by atoms with E-state index < -0.39 is 15.4 Å². The number of hydrogen-bond donors (Lipinski definition) is 1. The molecular weight excluding hydrogens is 423 g/mol. The van der Waals surface area contributed by atoms with Crippen LogP contribution in [0.2, 0.25) is 0 Å². The van der Waals surface area contributed by atoms with E-state index in [4.69, 9.17) is 0 Å². The van der Waals surface area contributed by atoms with E-state index in [1.54, 1.807) is 0 Å². The van der Waals surface area contributed by atoms with Crippen LogP contribution in [0, 0.1) is 0 Å². The first-order chi connectivity index (χ1) is 13.9. The smallest absolute Gasteiger partial charge is 0.748 e. The average Bonchev–Trinajstić information content (AvgIpc) is 2.67. The molecule has 0 aliphatic rings. The molecule has 2 unspecified atom stereocenters. The van der Waals surface area contributed by atoms with E-state index in [0.717, 1.165) is 57.8 Å². The van der Waals surface area contributed by atoms with E-state index in [2.05, 4.69) is 13.8 Å². The molecule has 6 heteroatoms. The van der Waals surface area contributed by atoms with Crippen LogP contribution in [0.25, 0.3) is 0 Å². The normalized spacial score (nSPS) is 13.7. The third-order valence-electron chi connectivity index (χ3n) is 5.99. The van der Waals surface area contributed by atoms with Gasteiger partial charge in [-0.3, -0.25) is 0 Å². The zero-order chi connectivity index (χ0) is 21.8. The largest absolute Gasteiger partial charge is 1.00 e. The van der Waals surface area contributed by atoms with Crippen LogP contribution in [0.15, 0.2) is 0 Å². The Labute approximate surface area is 230 Å². The fourth-order valence-corrected chi connectivity index (χ4v) is 4.91. The molecule has 30 heavy (non-hydrogen) atoms. The number of aliphatic hydroxyl groups is 1. The van der Waals surface area contributed by atoms with Gasteiger partial charge in [-0.05, 0) is 25.7 Å². The Hall–Kier alpha value is 1.51. The summed E-state index contributed by atoms with van der Waals surface area (Å²) in [5.74, 6) is 0. The molecule has 0 aliphatic heterocycles. The number of unbranched alkanes of at least 4 members (excludes halogenated alkanes) is 13. The summed E-state index contributed by atoms with van der Waals surface area (Å²) in [6, 6.07) is 0. The van der Waals surface area contributed by atoms with E-state index in [9.17, 15) is 18.1 Å². The van der Waals surface area contributed by atoms with Gasteiger partial charge in [-0.15, -0.1) is 0 Å². The van der Waals surface area contributed by atoms with Crippen molar-refractivity contribution < 1.29 is 69.5 Å². The first-order valence-corrected chi connectivity index (χ1v) is 14.0. The van der Waals surface area contributed by atoms with Crippen molar-refractivity contribution in [1.82, 2.24) is 0 Å². The number of rotatable bonds is 22. The molecule has 0 aromatic carbocycles. The van der Waals surface area contributed by atoms with E-state index in [0.29, 0.717) is 12.8 Å². The molecule has 1 N–H and O–H groups in total. The molecule has 0 radical (unpaired) electrons. The molecule has 0 aliphatic carbocycles. The molecule has 0 aromatic heterocycles. The summed E-state index contributed by atoms with van der Waals surface area (Å²) in [5.41, 5.74) is 0. The quantitative estimate of drug-likeness (QED) is 0.146. The van der Waals surface area contributed by atoms with Gasteiger partial charge in [-0.2, -0.15) is 0 Å². The molecule has 0 spiro atoms. The second kappa shape index (κ2) is 23.7. The Balaban J connectivity index is 0. The SMILES string of the molecule is CCCCCCCCCCCC(CCCCCC(O)CCCCCC)S(=O)(=O)[O-].[K+]. The first-order valence-electron chi connectivity index (χ1n) is 12.5. The predicted octanol–water partition coefficient (Wildman–Crippen LogP) is 4.11. The predicted molar refractivity (Wildman–Crippen MR) is 123 cm³/mol. The molecule has 0 amide bonds. The third kappa shape index (κ3) is 22.7. The third-order valence-corrected chi connectivity index (χ3v) is 7.28. The minimum absolute atomic E-state index is 0. The molecule has 0 saturated carbocycles. The standard InChI is InChI=1S/C24H50O4S.K/c1-3-5-7-9-10-11-12-13-17-21-24(29(26,27)28)22-18-14-16-20-23(25)19-15-8-6-4-2;/h23-25H,3-22H2,1-2H3,(H,26,27,28);/q;+1/p-1. The Morgan fingerprint density at radius 3 is 1.30 bits per heavy atom. The molecule has 0 bridgehead atoms. The van der Waals surface area contributed by atoms with Gasteiger partial charge in [0.1, 0.15) is 0 Å². The minimum Gasteiger partial charge on any atom is -0.748 e. The van der Waals surface area contributed by atoms with Gasteiger partial charge in [-0.1, -0.05) is 117 Å².